The van der Waals surface area contributed by atoms with Crippen LogP contribution in [0.4, 0.5) is 11.4 Å². The van der Waals surface area contributed by atoms with E-state index >= 15 is 0 Å². The number of rotatable bonds is 2. The molecule has 5 heteroatoms. The summed E-state index contributed by atoms with van der Waals surface area (Å²) >= 11 is 0. The maximum Gasteiger partial charge on any atom is 0.227 e. The Labute approximate surface area is 130 Å². The molecular formula is C17H22N4O. The first-order valence-electron chi connectivity index (χ1n) is 8.07. The number of nitrogens with zero attached hydrogens (tertiary/aromatic N) is 3. The largest absolute Gasteiger partial charge is 0.367 e. The normalized spacial score (nSPS) is 20.3. The quantitative estimate of drug-likeness (QED) is 0.922. The van der Waals surface area contributed by atoms with Crippen molar-refractivity contribution in [2.45, 2.75) is 12.8 Å². The fourth-order valence-corrected chi connectivity index (χ4v) is 3.49. The number of likely N-dealkylation sites (N-methyl/N-ethyl adjacent to an activating group) is 1. The van der Waals surface area contributed by atoms with E-state index in [1.807, 2.05) is 4.90 Å². The molecule has 2 saturated heterocycles. The summed E-state index contributed by atoms with van der Waals surface area (Å²) in [5.74, 6) is 0.246. The number of fused-ring (bicyclic) bond motifs is 1. The number of hydrogen-bond donors (Lipinski definition) is 1. The number of amides is 1. The Morgan fingerprint density at radius 1 is 1.09 bits per heavy atom. The maximum absolute atomic E-state index is 12.0. The molecule has 2 fully saturated rings. The van der Waals surface area contributed by atoms with Crippen molar-refractivity contribution in [3.63, 3.8) is 0 Å². The van der Waals surface area contributed by atoms with Crippen LogP contribution in [0.15, 0.2) is 24.4 Å². The van der Waals surface area contributed by atoms with Gasteiger partial charge in [-0.2, -0.15) is 0 Å². The lowest BCUT2D eigenvalue weighted by Gasteiger charge is -2.33. The van der Waals surface area contributed by atoms with Gasteiger partial charge in [0.25, 0.3) is 0 Å². The Hall–Kier alpha value is -2.01. The lowest BCUT2D eigenvalue weighted by molar-refractivity contribution is -0.117. The molecule has 1 amide bonds. The molecule has 3 heterocycles. The summed E-state index contributed by atoms with van der Waals surface area (Å²) in [5.41, 5.74) is 3.44. The van der Waals surface area contributed by atoms with Crippen molar-refractivity contribution >= 4 is 28.2 Å². The SMILES string of the molecule is CN1CCN(c2c[nH]c3ccc(N4CCCC4=O)cc23)CC1. The number of aromatic amines is 1. The molecule has 22 heavy (non-hydrogen) atoms. The van der Waals surface area contributed by atoms with Crippen molar-refractivity contribution in [1.82, 2.24) is 9.88 Å². The van der Waals surface area contributed by atoms with Gasteiger partial charge in [-0.15, -0.1) is 0 Å². The Morgan fingerprint density at radius 3 is 2.64 bits per heavy atom. The van der Waals surface area contributed by atoms with Crippen LogP contribution in [-0.4, -0.2) is 55.6 Å². The number of anilines is 2. The first kappa shape index (κ1) is 13.6. The van der Waals surface area contributed by atoms with Crippen LogP contribution in [0.1, 0.15) is 12.8 Å². The van der Waals surface area contributed by atoms with Gasteiger partial charge in [0.05, 0.1) is 5.69 Å². The third-order valence-electron chi connectivity index (χ3n) is 4.87. The third-order valence-corrected chi connectivity index (χ3v) is 4.87. The predicted octanol–water partition coefficient (Wildman–Crippen LogP) is 2.05. The molecule has 5 nitrogen and oxygen atoms in total. The average molecular weight is 298 g/mol. The van der Waals surface area contributed by atoms with Crippen LogP contribution >= 0.6 is 0 Å². The van der Waals surface area contributed by atoms with Crippen LogP contribution in [0, 0.1) is 0 Å². The lowest BCUT2D eigenvalue weighted by atomic mass is 10.1. The molecule has 2 aliphatic rings. The van der Waals surface area contributed by atoms with E-state index in [4.69, 9.17) is 0 Å². The van der Waals surface area contributed by atoms with Gasteiger partial charge in [-0.3, -0.25) is 4.79 Å². The summed E-state index contributed by atoms with van der Waals surface area (Å²) in [6.07, 6.45) is 3.75. The van der Waals surface area contributed by atoms with E-state index in [-0.39, 0.29) is 5.91 Å². The van der Waals surface area contributed by atoms with Crippen LogP contribution < -0.4 is 9.80 Å². The smallest absolute Gasteiger partial charge is 0.227 e. The van der Waals surface area contributed by atoms with Gasteiger partial charge in [0.15, 0.2) is 0 Å². The highest BCUT2D eigenvalue weighted by Crippen LogP contribution is 2.32. The molecule has 1 aromatic carbocycles. The number of nitrogens with one attached hydrogen (secondary N) is 1. The highest BCUT2D eigenvalue weighted by Gasteiger charge is 2.23. The van der Waals surface area contributed by atoms with Crippen molar-refractivity contribution in [1.29, 1.82) is 0 Å². The van der Waals surface area contributed by atoms with E-state index < -0.39 is 0 Å². The van der Waals surface area contributed by atoms with E-state index in [1.54, 1.807) is 0 Å². The number of carbonyl (C=O) groups is 1. The summed E-state index contributed by atoms with van der Waals surface area (Å²) in [7, 11) is 2.17. The van der Waals surface area contributed by atoms with Gasteiger partial charge in [0.2, 0.25) is 5.91 Å². The summed E-state index contributed by atoms with van der Waals surface area (Å²) in [6, 6.07) is 6.31. The van der Waals surface area contributed by atoms with Crippen LogP contribution in [0.25, 0.3) is 10.9 Å². The van der Waals surface area contributed by atoms with E-state index in [9.17, 15) is 4.79 Å². The first-order valence-corrected chi connectivity index (χ1v) is 8.07. The molecule has 1 N–H and O–H groups in total. The molecule has 4 rings (SSSR count). The van der Waals surface area contributed by atoms with Crippen LogP contribution in [-0.2, 0) is 4.79 Å². The van der Waals surface area contributed by atoms with E-state index in [2.05, 4.69) is 46.2 Å². The topological polar surface area (TPSA) is 42.6 Å². The summed E-state index contributed by atoms with van der Waals surface area (Å²) in [4.78, 5) is 22.1. The fourth-order valence-electron chi connectivity index (χ4n) is 3.49. The highest BCUT2D eigenvalue weighted by atomic mass is 16.2. The molecule has 0 unspecified atom stereocenters. The minimum absolute atomic E-state index is 0.246. The Bertz CT molecular complexity index is 700. The van der Waals surface area contributed by atoms with Crippen LogP contribution in [0.5, 0.6) is 0 Å². The molecule has 0 saturated carbocycles. The second-order valence-corrected chi connectivity index (χ2v) is 6.34. The minimum Gasteiger partial charge on any atom is -0.367 e. The molecule has 1 aromatic heterocycles. The summed E-state index contributed by atoms with van der Waals surface area (Å²) in [6.45, 7) is 5.14. The van der Waals surface area contributed by atoms with Gasteiger partial charge in [-0.05, 0) is 31.7 Å². The molecule has 2 aromatic rings. The first-order chi connectivity index (χ1) is 10.7. The Morgan fingerprint density at radius 2 is 1.91 bits per heavy atom. The molecule has 2 aliphatic heterocycles. The molecular weight excluding hydrogens is 276 g/mol. The van der Waals surface area contributed by atoms with Gasteiger partial charge in [0.1, 0.15) is 0 Å². The molecule has 0 aliphatic carbocycles. The van der Waals surface area contributed by atoms with Crippen molar-refractivity contribution in [2.24, 2.45) is 0 Å². The zero-order chi connectivity index (χ0) is 15.1. The summed E-state index contributed by atoms with van der Waals surface area (Å²) in [5, 5.41) is 1.22. The predicted molar refractivity (Wildman–Crippen MR) is 89.6 cm³/mol. The van der Waals surface area contributed by atoms with Crippen LogP contribution in [0.3, 0.4) is 0 Å². The van der Waals surface area contributed by atoms with Crippen molar-refractivity contribution in [2.75, 3.05) is 49.6 Å². The lowest BCUT2D eigenvalue weighted by Crippen LogP contribution is -2.44. The van der Waals surface area contributed by atoms with Gasteiger partial charge in [0, 0.05) is 61.9 Å². The number of piperazine rings is 1. The van der Waals surface area contributed by atoms with Crippen molar-refractivity contribution in [3.05, 3.63) is 24.4 Å². The van der Waals surface area contributed by atoms with Crippen molar-refractivity contribution in [3.8, 4) is 0 Å². The molecule has 0 spiro atoms. The number of benzene rings is 1. The minimum atomic E-state index is 0.246. The number of carbonyl (C=O) groups excluding carboxylic acids is 1. The molecule has 116 valence electrons. The van der Waals surface area contributed by atoms with Gasteiger partial charge < -0.3 is 19.7 Å². The zero-order valence-electron chi connectivity index (χ0n) is 13.0. The van der Waals surface area contributed by atoms with Crippen LogP contribution in [0.2, 0.25) is 0 Å². The van der Waals surface area contributed by atoms with E-state index in [1.165, 1.54) is 11.1 Å². The summed E-state index contributed by atoms with van der Waals surface area (Å²) < 4.78 is 0. The van der Waals surface area contributed by atoms with Crippen molar-refractivity contribution < 1.29 is 4.79 Å². The second-order valence-electron chi connectivity index (χ2n) is 6.34. The van der Waals surface area contributed by atoms with Gasteiger partial charge in [-0.25, -0.2) is 0 Å². The van der Waals surface area contributed by atoms with Gasteiger partial charge in [-0.1, -0.05) is 0 Å². The number of H-pyrrole nitrogens is 1. The Balaban J connectivity index is 1.69. The standard InChI is InChI=1S/C17H22N4O/c1-19-7-9-20(10-8-19)16-12-18-15-5-4-13(11-14(15)16)21-6-2-3-17(21)22/h4-5,11-12,18H,2-3,6-10H2,1H3. The monoisotopic (exact) mass is 298 g/mol. The molecule has 0 radical (unpaired) electrons. The molecule has 0 atom stereocenters. The highest BCUT2D eigenvalue weighted by molar-refractivity contribution is 6.00. The zero-order valence-corrected chi connectivity index (χ0v) is 13.0. The third kappa shape index (κ3) is 2.25. The van der Waals surface area contributed by atoms with Gasteiger partial charge >= 0.3 is 0 Å². The number of hydrogen-bond acceptors (Lipinski definition) is 3. The van der Waals surface area contributed by atoms with E-state index in [0.717, 1.165) is 50.3 Å². The maximum atomic E-state index is 12.0. The fraction of sp³-hybridized carbons (Fsp3) is 0.471. The second kappa shape index (κ2) is 5.32. The molecule has 0 bridgehead atoms. The Kier molecular flexibility index (Phi) is 3.30. The average Bonchev–Trinajstić information content (AvgIpc) is 3.13. The van der Waals surface area contributed by atoms with E-state index in [0.29, 0.717) is 6.42 Å². The number of aromatic nitrogens is 1.